The maximum absolute atomic E-state index is 11.6. The number of carboxylic acids is 1. The number of hydrogen-bond donors (Lipinski definition) is 1. The molecule has 2 rings (SSSR count). The Kier molecular flexibility index (Phi) is 4.76. The lowest BCUT2D eigenvalue weighted by atomic mass is 10.1. The summed E-state index contributed by atoms with van der Waals surface area (Å²) in [6.07, 6.45) is 0.972. The molecule has 0 aliphatic carbocycles. The minimum atomic E-state index is -0.880. The lowest BCUT2D eigenvalue weighted by molar-refractivity contribution is -0.141. The van der Waals surface area contributed by atoms with Gasteiger partial charge in [0.1, 0.15) is 5.01 Å². The van der Waals surface area contributed by atoms with Crippen LogP contribution in [0.25, 0.3) is 0 Å². The highest BCUT2D eigenvalue weighted by atomic mass is 32.2. The molecule has 1 aliphatic rings. The number of carboxylic acid groups (broad SMARTS) is 1. The van der Waals surface area contributed by atoms with Crippen molar-refractivity contribution in [1.29, 1.82) is 0 Å². The fourth-order valence-corrected chi connectivity index (χ4v) is 3.72. The third kappa shape index (κ3) is 3.90. The van der Waals surface area contributed by atoms with Crippen LogP contribution in [0.5, 0.6) is 0 Å². The zero-order valence-electron chi connectivity index (χ0n) is 10.5. The van der Waals surface area contributed by atoms with Crippen molar-refractivity contribution in [2.75, 3.05) is 18.8 Å². The van der Waals surface area contributed by atoms with Crippen LogP contribution in [0.3, 0.4) is 0 Å². The molecule has 1 aliphatic heterocycles. The average Bonchev–Trinajstić information content (AvgIpc) is 2.92. The van der Waals surface area contributed by atoms with Crippen molar-refractivity contribution in [3.8, 4) is 0 Å². The van der Waals surface area contributed by atoms with E-state index in [0.29, 0.717) is 13.1 Å². The molecule has 19 heavy (non-hydrogen) atoms. The zero-order chi connectivity index (χ0) is 13.8. The number of amides is 1. The quantitative estimate of drug-likeness (QED) is 0.629. The van der Waals surface area contributed by atoms with E-state index in [2.05, 4.69) is 10.2 Å². The van der Waals surface area contributed by atoms with Gasteiger partial charge in [-0.1, -0.05) is 23.1 Å². The van der Waals surface area contributed by atoms with Crippen LogP contribution in [0.1, 0.15) is 17.8 Å². The smallest absolute Gasteiger partial charge is 0.308 e. The van der Waals surface area contributed by atoms with Gasteiger partial charge in [0.25, 0.3) is 0 Å². The average molecular weight is 301 g/mol. The Hall–Kier alpha value is -1.15. The predicted octanol–water partition coefficient (Wildman–Crippen LogP) is 1.26. The van der Waals surface area contributed by atoms with Crippen molar-refractivity contribution in [3.05, 3.63) is 5.01 Å². The van der Waals surface area contributed by atoms with E-state index >= 15 is 0 Å². The summed E-state index contributed by atoms with van der Waals surface area (Å²) in [5.74, 6) is -0.611. The summed E-state index contributed by atoms with van der Waals surface area (Å²) in [6.45, 7) is 2.88. The Morgan fingerprint density at radius 3 is 2.95 bits per heavy atom. The fraction of sp³-hybridized carbons (Fsp3) is 0.636. The number of thioether (sulfide) groups is 1. The highest BCUT2D eigenvalue weighted by Crippen LogP contribution is 2.23. The lowest BCUT2D eigenvalue weighted by Crippen LogP contribution is -2.27. The molecule has 8 heteroatoms. The van der Waals surface area contributed by atoms with E-state index in [0.717, 1.165) is 21.5 Å². The molecule has 1 unspecified atom stereocenters. The van der Waals surface area contributed by atoms with Crippen molar-refractivity contribution < 1.29 is 14.7 Å². The normalized spacial score (nSPS) is 19.1. The van der Waals surface area contributed by atoms with Crippen molar-refractivity contribution in [2.24, 2.45) is 5.92 Å². The molecule has 0 saturated carbocycles. The molecule has 1 atom stereocenters. The first-order chi connectivity index (χ1) is 9.06. The van der Waals surface area contributed by atoms with Crippen molar-refractivity contribution >= 4 is 35.0 Å². The molecule has 0 bridgehead atoms. The molecular formula is C11H15N3O3S2. The minimum absolute atomic E-state index is 0.0517. The first-order valence-corrected chi connectivity index (χ1v) is 7.80. The highest BCUT2D eigenvalue weighted by Gasteiger charge is 2.33. The first kappa shape index (κ1) is 14.3. The SMILES string of the molecule is Cc1nnc(SCCCN2CC(C(=O)O)CC2=O)s1. The topological polar surface area (TPSA) is 83.4 Å². The molecule has 0 spiro atoms. The molecule has 2 heterocycles. The van der Waals surface area contributed by atoms with Crippen molar-refractivity contribution in [3.63, 3.8) is 0 Å². The van der Waals surface area contributed by atoms with Crippen LogP contribution in [-0.4, -0.2) is 50.9 Å². The number of likely N-dealkylation sites (tertiary alicyclic amines) is 1. The van der Waals surface area contributed by atoms with Crippen molar-refractivity contribution in [2.45, 2.75) is 24.1 Å². The lowest BCUT2D eigenvalue weighted by Gasteiger charge is -2.15. The number of carbonyl (C=O) groups is 2. The molecule has 1 N–H and O–H groups in total. The third-order valence-electron chi connectivity index (χ3n) is 2.87. The number of carbonyl (C=O) groups excluding carboxylic acids is 1. The van der Waals surface area contributed by atoms with Gasteiger partial charge in [0, 0.05) is 25.3 Å². The standard InChI is InChI=1S/C11H15N3O3S2/c1-7-12-13-11(19-7)18-4-2-3-14-6-8(10(16)17)5-9(14)15/h8H,2-6H2,1H3,(H,16,17). The number of rotatable bonds is 6. The Balaban J connectivity index is 1.68. The van der Waals surface area contributed by atoms with Gasteiger partial charge in [-0.3, -0.25) is 9.59 Å². The Morgan fingerprint density at radius 2 is 2.37 bits per heavy atom. The Bertz CT molecular complexity index is 478. The Morgan fingerprint density at radius 1 is 1.58 bits per heavy atom. The van der Waals surface area contributed by atoms with Gasteiger partial charge < -0.3 is 10.0 Å². The maximum Gasteiger partial charge on any atom is 0.308 e. The largest absolute Gasteiger partial charge is 0.481 e. The maximum atomic E-state index is 11.6. The van der Waals surface area contributed by atoms with Crippen LogP contribution in [0.15, 0.2) is 4.34 Å². The number of aryl methyl sites for hydroxylation is 1. The van der Waals surface area contributed by atoms with E-state index in [9.17, 15) is 9.59 Å². The van der Waals surface area contributed by atoms with Crippen LogP contribution < -0.4 is 0 Å². The number of aliphatic carboxylic acids is 1. The molecule has 6 nitrogen and oxygen atoms in total. The van der Waals surface area contributed by atoms with Crippen LogP contribution >= 0.6 is 23.1 Å². The second kappa shape index (κ2) is 6.33. The third-order valence-corrected chi connectivity index (χ3v) is 4.93. The van der Waals surface area contributed by atoms with Gasteiger partial charge in [-0.25, -0.2) is 0 Å². The molecular weight excluding hydrogens is 286 g/mol. The molecule has 1 saturated heterocycles. The van der Waals surface area contributed by atoms with E-state index in [4.69, 9.17) is 5.11 Å². The summed E-state index contributed by atoms with van der Waals surface area (Å²) in [5.41, 5.74) is 0. The van der Waals surface area contributed by atoms with Crippen molar-refractivity contribution in [1.82, 2.24) is 15.1 Å². The highest BCUT2D eigenvalue weighted by molar-refractivity contribution is 8.01. The van der Waals surface area contributed by atoms with Crippen LogP contribution in [0.2, 0.25) is 0 Å². The van der Waals surface area contributed by atoms with Crippen LogP contribution in [0.4, 0.5) is 0 Å². The number of hydrogen-bond acceptors (Lipinski definition) is 6. The van der Waals surface area contributed by atoms with E-state index in [1.54, 1.807) is 28.0 Å². The summed E-state index contributed by atoms with van der Waals surface area (Å²) in [5, 5.41) is 17.8. The fourth-order valence-electron chi connectivity index (χ4n) is 1.91. The molecule has 1 amide bonds. The number of aromatic nitrogens is 2. The Labute approximate surface area is 119 Å². The van der Waals surface area contributed by atoms with Crippen LogP contribution in [0, 0.1) is 12.8 Å². The molecule has 0 radical (unpaired) electrons. The number of nitrogens with zero attached hydrogens (tertiary/aromatic N) is 3. The van der Waals surface area contributed by atoms with Gasteiger partial charge in [0.15, 0.2) is 4.34 Å². The van der Waals surface area contributed by atoms with E-state index in [1.165, 1.54) is 0 Å². The zero-order valence-corrected chi connectivity index (χ0v) is 12.2. The van der Waals surface area contributed by atoms with Gasteiger partial charge in [0.2, 0.25) is 5.91 Å². The summed E-state index contributed by atoms with van der Waals surface area (Å²) in [6, 6.07) is 0. The summed E-state index contributed by atoms with van der Waals surface area (Å²) < 4.78 is 0.939. The monoisotopic (exact) mass is 301 g/mol. The van der Waals surface area contributed by atoms with E-state index < -0.39 is 11.9 Å². The van der Waals surface area contributed by atoms with Gasteiger partial charge in [-0.2, -0.15) is 0 Å². The second-order valence-electron chi connectivity index (χ2n) is 4.37. The van der Waals surface area contributed by atoms with E-state index in [1.807, 2.05) is 6.92 Å². The molecule has 1 aromatic heterocycles. The molecule has 1 aromatic rings. The van der Waals surface area contributed by atoms with Gasteiger partial charge >= 0.3 is 5.97 Å². The predicted molar refractivity (Wildman–Crippen MR) is 72.3 cm³/mol. The van der Waals surface area contributed by atoms with Gasteiger partial charge in [0.05, 0.1) is 5.92 Å². The minimum Gasteiger partial charge on any atom is -0.481 e. The summed E-state index contributed by atoms with van der Waals surface area (Å²) >= 11 is 3.18. The van der Waals surface area contributed by atoms with E-state index in [-0.39, 0.29) is 12.3 Å². The molecule has 104 valence electrons. The first-order valence-electron chi connectivity index (χ1n) is 5.99. The molecule has 0 aromatic carbocycles. The summed E-state index contributed by atoms with van der Waals surface area (Å²) in [4.78, 5) is 24.0. The summed E-state index contributed by atoms with van der Waals surface area (Å²) in [7, 11) is 0. The van der Waals surface area contributed by atoms with Gasteiger partial charge in [-0.15, -0.1) is 10.2 Å². The van der Waals surface area contributed by atoms with Gasteiger partial charge in [-0.05, 0) is 13.3 Å². The van der Waals surface area contributed by atoms with Crippen LogP contribution in [-0.2, 0) is 9.59 Å². The second-order valence-corrected chi connectivity index (χ2v) is 6.89. The molecule has 1 fully saturated rings.